The summed E-state index contributed by atoms with van der Waals surface area (Å²) < 4.78 is 10.9. The van der Waals surface area contributed by atoms with Crippen LogP contribution in [0.25, 0.3) is 0 Å². The Morgan fingerprint density at radius 1 is 1.00 bits per heavy atom. The van der Waals surface area contributed by atoms with Gasteiger partial charge in [-0.2, -0.15) is 0 Å². The van der Waals surface area contributed by atoms with E-state index in [0.717, 1.165) is 28.8 Å². The largest absolute Gasteiger partial charge is 0.391 e. The molecule has 0 aromatic heterocycles. The molecule has 0 amide bonds. The van der Waals surface area contributed by atoms with E-state index in [0.29, 0.717) is 31.1 Å². The molecule has 0 bridgehead atoms. The Morgan fingerprint density at radius 3 is 2.38 bits per heavy atom. The second kappa shape index (κ2) is 13.9. The summed E-state index contributed by atoms with van der Waals surface area (Å²) >= 11 is 6.30. The third-order valence-corrected chi connectivity index (χ3v) is 7.50. The van der Waals surface area contributed by atoms with Crippen LogP contribution in [0.5, 0.6) is 0 Å². The number of benzene rings is 3. The summed E-state index contributed by atoms with van der Waals surface area (Å²) in [6.07, 6.45) is 1.14. The summed E-state index contributed by atoms with van der Waals surface area (Å²) in [6, 6.07) is 22.5. The molecule has 6 nitrogen and oxygen atoms in total. The molecule has 0 aliphatic carbocycles. The average molecular weight is 543 g/mol. The van der Waals surface area contributed by atoms with Crippen molar-refractivity contribution in [3.63, 3.8) is 0 Å². The molecule has 3 aromatic rings. The zero-order valence-electron chi connectivity index (χ0n) is 21.7. The van der Waals surface area contributed by atoms with Gasteiger partial charge in [0.15, 0.2) is 0 Å². The van der Waals surface area contributed by atoms with Crippen LogP contribution >= 0.6 is 19.2 Å². The van der Waals surface area contributed by atoms with E-state index in [1.54, 1.807) is 0 Å². The Bertz CT molecular complexity index is 1240. The predicted molar refractivity (Wildman–Crippen MR) is 151 cm³/mol. The topological polar surface area (TPSA) is 91.2 Å². The van der Waals surface area contributed by atoms with Gasteiger partial charge >= 0.3 is 7.60 Å². The minimum Gasteiger partial charge on any atom is -0.391 e. The maximum atomic E-state index is 10.9. The molecule has 3 aromatic carbocycles. The fourth-order valence-corrected chi connectivity index (χ4v) is 4.83. The van der Waals surface area contributed by atoms with Crippen LogP contribution in [0.15, 0.2) is 71.9 Å². The van der Waals surface area contributed by atoms with Gasteiger partial charge in [0.2, 0.25) is 0 Å². The van der Waals surface area contributed by atoms with Crippen molar-refractivity contribution in [1.82, 2.24) is 5.32 Å². The standard InChI is InChI=1S/C29H36ClN2O4P/c1-21-8-9-26(16-22(21)2)17-29(27-6-4-7-28(30)18-27)23(3)32-36-20-25-12-10-24(11-13-25)19-31-14-5-15-37(33,34)35/h4,6-13,16,18,29,31H,5,14-15,17,19-20H2,1-3H3,(H2,33,34,35). The first-order chi connectivity index (χ1) is 17.6. The fourth-order valence-electron chi connectivity index (χ4n) is 4.06. The fraction of sp³-hybridized carbons (Fsp3) is 0.345. The lowest BCUT2D eigenvalue weighted by atomic mass is 9.88. The van der Waals surface area contributed by atoms with Crippen LogP contribution in [0.4, 0.5) is 0 Å². The molecule has 0 aliphatic rings. The number of hydrogen-bond acceptors (Lipinski definition) is 4. The van der Waals surface area contributed by atoms with Gasteiger partial charge in [0.25, 0.3) is 0 Å². The molecule has 37 heavy (non-hydrogen) atoms. The molecule has 1 unspecified atom stereocenters. The minimum atomic E-state index is -3.92. The lowest BCUT2D eigenvalue weighted by Crippen LogP contribution is -2.15. The third-order valence-electron chi connectivity index (χ3n) is 6.36. The second-order valence-electron chi connectivity index (χ2n) is 9.47. The first-order valence-corrected chi connectivity index (χ1v) is 14.6. The Morgan fingerprint density at radius 2 is 1.70 bits per heavy atom. The van der Waals surface area contributed by atoms with Crippen molar-refractivity contribution >= 4 is 24.9 Å². The van der Waals surface area contributed by atoms with E-state index in [4.69, 9.17) is 26.2 Å². The second-order valence-corrected chi connectivity index (χ2v) is 11.7. The SMILES string of the molecule is CC(=NOCc1ccc(CNCCCP(=O)(O)O)cc1)C(Cc1ccc(C)c(C)c1)c1cccc(Cl)c1. The van der Waals surface area contributed by atoms with Crippen molar-refractivity contribution in [2.45, 2.75) is 52.7 Å². The Balaban J connectivity index is 1.59. The number of halogens is 1. The summed E-state index contributed by atoms with van der Waals surface area (Å²) in [6.45, 7) is 7.80. The zero-order valence-corrected chi connectivity index (χ0v) is 23.3. The summed E-state index contributed by atoms with van der Waals surface area (Å²) in [4.78, 5) is 23.6. The highest BCUT2D eigenvalue weighted by atomic mass is 35.5. The van der Waals surface area contributed by atoms with Gasteiger partial charge in [0.1, 0.15) is 6.61 Å². The summed E-state index contributed by atoms with van der Waals surface area (Å²) in [5.74, 6) is 0.0415. The van der Waals surface area contributed by atoms with Crippen LogP contribution in [0.3, 0.4) is 0 Å². The van der Waals surface area contributed by atoms with E-state index in [1.807, 2.05) is 49.4 Å². The number of aryl methyl sites for hydroxylation is 2. The monoisotopic (exact) mass is 542 g/mol. The summed E-state index contributed by atoms with van der Waals surface area (Å²) in [5, 5.41) is 8.38. The predicted octanol–water partition coefficient (Wildman–Crippen LogP) is 6.53. The maximum Gasteiger partial charge on any atom is 0.325 e. The molecule has 198 valence electrons. The molecule has 0 radical (unpaired) electrons. The smallest absolute Gasteiger partial charge is 0.325 e. The highest BCUT2D eigenvalue weighted by molar-refractivity contribution is 7.51. The molecule has 3 rings (SSSR count). The van der Waals surface area contributed by atoms with Crippen molar-refractivity contribution in [3.8, 4) is 0 Å². The molecule has 0 saturated carbocycles. The number of oxime groups is 1. The molecule has 0 saturated heterocycles. The molecule has 1 atom stereocenters. The molecular formula is C29H36ClN2O4P. The van der Waals surface area contributed by atoms with Crippen molar-refractivity contribution in [1.29, 1.82) is 0 Å². The van der Waals surface area contributed by atoms with Crippen LogP contribution in [0, 0.1) is 13.8 Å². The lowest BCUT2D eigenvalue weighted by molar-refractivity contribution is 0.129. The zero-order chi connectivity index (χ0) is 26.8. The number of nitrogens with zero attached hydrogens (tertiary/aromatic N) is 1. The van der Waals surface area contributed by atoms with Crippen LogP contribution in [-0.2, 0) is 29.0 Å². The molecule has 8 heteroatoms. The number of nitrogens with one attached hydrogen (secondary N) is 1. The quantitative estimate of drug-likeness (QED) is 0.0988. The summed E-state index contributed by atoms with van der Waals surface area (Å²) in [5.41, 5.74) is 7.88. The average Bonchev–Trinajstić information content (AvgIpc) is 2.84. The van der Waals surface area contributed by atoms with E-state index in [-0.39, 0.29) is 12.1 Å². The van der Waals surface area contributed by atoms with E-state index >= 15 is 0 Å². The molecule has 0 spiro atoms. The van der Waals surface area contributed by atoms with Crippen molar-refractivity contribution in [3.05, 3.63) is 105 Å². The van der Waals surface area contributed by atoms with Gasteiger partial charge in [-0.15, -0.1) is 0 Å². The van der Waals surface area contributed by atoms with Crippen molar-refractivity contribution in [2.24, 2.45) is 5.16 Å². The van der Waals surface area contributed by atoms with Crippen LogP contribution < -0.4 is 5.32 Å². The Labute approximate surface area is 224 Å². The van der Waals surface area contributed by atoms with E-state index in [9.17, 15) is 4.57 Å². The molecule has 0 fully saturated rings. The van der Waals surface area contributed by atoms with Gasteiger partial charge in [-0.05, 0) is 85.7 Å². The van der Waals surface area contributed by atoms with Gasteiger partial charge in [-0.3, -0.25) is 4.57 Å². The van der Waals surface area contributed by atoms with Gasteiger partial charge < -0.3 is 19.9 Å². The maximum absolute atomic E-state index is 10.9. The first kappa shape index (κ1) is 29.1. The van der Waals surface area contributed by atoms with Gasteiger partial charge in [-0.25, -0.2) is 0 Å². The summed E-state index contributed by atoms with van der Waals surface area (Å²) in [7, 11) is -3.92. The first-order valence-electron chi connectivity index (χ1n) is 12.4. The minimum absolute atomic E-state index is 0.0415. The van der Waals surface area contributed by atoms with Crippen molar-refractivity contribution in [2.75, 3.05) is 12.7 Å². The molecular weight excluding hydrogens is 507 g/mol. The van der Waals surface area contributed by atoms with E-state index < -0.39 is 7.60 Å². The Hall–Kier alpha value is -2.47. The van der Waals surface area contributed by atoms with Gasteiger partial charge in [-0.1, -0.05) is 71.4 Å². The van der Waals surface area contributed by atoms with Gasteiger partial charge in [0, 0.05) is 17.5 Å². The Kier molecular flexibility index (Phi) is 10.9. The molecule has 0 heterocycles. The third kappa shape index (κ3) is 10.1. The lowest BCUT2D eigenvalue weighted by Gasteiger charge is -2.18. The molecule has 0 aliphatic heterocycles. The number of rotatable bonds is 13. The normalized spacial score (nSPS) is 13.0. The van der Waals surface area contributed by atoms with E-state index in [2.05, 4.69) is 48.6 Å². The van der Waals surface area contributed by atoms with Crippen molar-refractivity contribution < 1.29 is 19.2 Å². The van der Waals surface area contributed by atoms with Crippen LogP contribution in [0.1, 0.15) is 52.6 Å². The van der Waals surface area contributed by atoms with Crippen LogP contribution in [-0.4, -0.2) is 28.2 Å². The highest BCUT2D eigenvalue weighted by Crippen LogP contribution is 2.34. The molecule has 3 N–H and O–H groups in total. The van der Waals surface area contributed by atoms with Crippen LogP contribution in [0.2, 0.25) is 5.02 Å². The number of hydrogen-bond donors (Lipinski definition) is 3. The van der Waals surface area contributed by atoms with E-state index in [1.165, 1.54) is 16.7 Å². The van der Waals surface area contributed by atoms with Gasteiger partial charge in [0.05, 0.1) is 11.9 Å². The highest BCUT2D eigenvalue weighted by Gasteiger charge is 2.18.